The van der Waals surface area contributed by atoms with Gasteiger partial charge in [-0.05, 0) is 77.0 Å². The lowest BCUT2D eigenvalue weighted by atomic mass is 10.1. The van der Waals surface area contributed by atoms with Crippen molar-refractivity contribution in [2.75, 3.05) is 19.8 Å². The van der Waals surface area contributed by atoms with Gasteiger partial charge in [-0.25, -0.2) is 0 Å². The van der Waals surface area contributed by atoms with E-state index < -0.39 is 6.10 Å². The zero-order valence-electron chi connectivity index (χ0n) is 27.7. The number of hydrogen-bond acceptors (Lipinski definition) is 4. The summed E-state index contributed by atoms with van der Waals surface area (Å²) in [5, 5.41) is 9.53. The summed E-state index contributed by atoms with van der Waals surface area (Å²) in [6.07, 6.45) is 49.0. The maximum atomic E-state index is 12.1. The van der Waals surface area contributed by atoms with Crippen molar-refractivity contribution in [1.29, 1.82) is 0 Å². The van der Waals surface area contributed by atoms with Crippen molar-refractivity contribution in [3.05, 3.63) is 85.1 Å². The molecule has 0 bridgehead atoms. The fraction of sp³-hybridized carbons (Fsp3) is 0.615. The Morgan fingerprint density at radius 2 is 1.05 bits per heavy atom. The molecule has 0 aromatic carbocycles. The van der Waals surface area contributed by atoms with Crippen LogP contribution in [0.1, 0.15) is 129 Å². The molecular weight excluding hydrogens is 532 g/mol. The van der Waals surface area contributed by atoms with E-state index in [1.165, 1.54) is 44.9 Å². The number of carbonyl (C=O) groups is 1. The zero-order valence-corrected chi connectivity index (χ0v) is 27.7. The Labute approximate surface area is 265 Å². The standard InChI is InChI=1S/C39H64O4/c1-3-5-7-9-11-13-15-17-19-20-21-22-24-26-28-30-32-34-39(41)43-38(36-40)37-42-35-33-31-29-27-25-23-18-16-14-12-10-8-6-4-2/h5,7-8,10-11,13-14,16-17,19,21-22,26,28,38,40H,3-4,6,9,12,15,18,20,23-25,27,29-37H2,1-2H3/b7-5-,10-8-,13-11-,16-14-,19-17-,22-21-,28-26-. The molecule has 43 heavy (non-hydrogen) atoms. The first-order valence-corrected chi connectivity index (χ1v) is 17.2. The third kappa shape index (κ3) is 33.9. The third-order valence-electron chi connectivity index (χ3n) is 6.69. The first kappa shape index (κ1) is 40.6. The number of unbranched alkanes of at least 4 members (excludes halogenated alkanes) is 8. The van der Waals surface area contributed by atoms with Gasteiger partial charge < -0.3 is 14.6 Å². The number of carbonyl (C=O) groups excluding carboxylic acids is 1. The summed E-state index contributed by atoms with van der Waals surface area (Å²) in [4.78, 5) is 12.1. The van der Waals surface area contributed by atoms with Crippen LogP contribution in [-0.2, 0) is 14.3 Å². The number of allylic oxidation sites excluding steroid dienone is 14. The summed E-state index contributed by atoms with van der Waals surface area (Å²) in [7, 11) is 0. The van der Waals surface area contributed by atoms with Gasteiger partial charge in [0.15, 0.2) is 0 Å². The Kier molecular flexibility index (Phi) is 33.7. The average Bonchev–Trinajstić information content (AvgIpc) is 3.01. The molecule has 0 aliphatic carbocycles. The summed E-state index contributed by atoms with van der Waals surface area (Å²) < 4.78 is 11.0. The van der Waals surface area contributed by atoms with Crippen LogP contribution in [0.2, 0.25) is 0 Å². The summed E-state index contributed by atoms with van der Waals surface area (Å²) in [6.45, 7) is 5.06. The lowest BCUT2D eigenvalue weighted by molar-refractivity contribution is -0.154. The van der Waals surface area contributed by atoms with Crippen molar-refractivity contribution in [2.45, 2.75) is 136 Å². The maximum Gasteiger partial charge on any atom is 0.306 e. The molecule has 0 aromatic rings. The van der Waals surface area contributed by atoms with Crippen molar-refractivity contribution in [3.8, 4) is 0 Å². The van der Waals surface area contributed by atoms with Crippen molar-refractivity contribution in [1.82, 2.24) is 0 Å². The highest BCUT2D eigenvalue weighted by atomic mass is 16.6. The van der Waals surface area contributed by atoms with Gasteiger partial charge in [0, 0.05) is 13.0 Å². The molecule has 0 aliphatic rings. The molecule has 0 spiro atoms. The largest absolute Gasteiger partial charge is 0.457 e. The summed E-state index contributed by atoms with van der Waals surface area (Å²) in [6, 6.07) is 0. The minimum Gasteiger partial charge on any atom is -0.457 e. The van der Waals surface area contributed by atoms with E-state index in [9.17, 15) is 9.90 Å². The molecule has 1 N–H and O–H groups in total. The fourth-order valence-electron chi connectivity index (χ4n) is 4.16. The van der Waals surface area contributed by atoms with Gasteiger partial charge in [0.25, 0.3) is 0 Å². The Balaban J connectivity index is 3.63. The van der Waals surface area contributed by atoms with Crippen LogP contribution in [-0.4, -0.2) is 37.0 Å². The van der Waals surface area contributed by atoms with Gasteiger partial charge in [-0.3, -0.25) is 4.79 Å². The van der Waals surface area contributed by atoms with Gasteiger partial charge in [-0.15, -0.1) is 0 Å². The molecule has 0 heterocycles. The predicted octanol–water partition coefficient (Wildman–Crippen LogP) is 10.9. The second-order valence-corrected chi connectivity index (χ2v) is 10.8. The van der Waals surface area contributed by atoms with E-state index in [0.717, 1.165) is 64.2 Å². The number of aliphatic hydroxyl groups is 1. The Bertz CT molecular complexity index is 800. The van der Waals surface area contributed by atoms with Crippen LogP contribution < -0.4 is 0 Å². The average molecular weight is 597 g/mol. The van der Waals surface area contributed by atoms with E-state index in [1.54, 1.807) is 0 Å². The number of ether oxygens (including phenoxy) is 2. The molecule has 244 valence electrons. The van der Waals surface area contributed by atoms with Gasteiger partial charge in [0.2, 0.25) is 0 Å². The molecule has 0 saturated carbocycles. The molecule has 0 aromatic heterocycles. The van der Waals surface area contributed by atoms with E-state index in [4.69, 9.17) is 9.47 Å². The molecule has 0 saturated heterocycles. The van der Waals surface area contributed by atoms with Gasteiger partial charge in [0.1, 0.15) is 6.10 Å². The van der Waals surface area contributed by atoms with Crippen molar-refractivity contribution in [2.24, 2.45) is 0 Å². The summed E-state index contributed by atoms with van der Waals surface area (Å²) in [5.41, 5.74) is 0. The van der Waals surface area contributed by atoms with E-state index in [0.29, 0.717) is 13.0 Å². The van der Waals surface area contributed by atoms with Crippen LogP contribution in [0.25, 0.3) is 0 Å². The second-order valence-electron chi connectivity index (χ2n) is 10.8. The molecule has 0 aliphatic heterocycles. The SMILES string of the molecule is CC/C=C\C/C=C\C/C=C\C/C=C\C/C=C\CCCC(=O)OC(CO)COCCCCCCCC/C=C\C/C=C\CCC. The number of esters is 1. The van der Waals surface area contributed by atoms with Crippen LogP contribution in [0, 0.1) is 0 Å². The smallest absolute Gasteiger partial charge is 0.306 e. The molecule has 0 rings (SSSR count). The lowest BCUT2D eigenvalue weighted by Crippen LogP contribution is -2.27. The highest BCUT2D eigenvalue weighted by Gasteiger charge is 2.13. The van der Waals surface area contributed by atoms with E-state index in [-0.39, 0.29) is 19.2 Å². The topological polar surface area (TPSA) is 55.8 Å². The molecule has 0 fully saturated rings. The van der Waals surface area contributed by atoms with Crippen LogP contribution >= 0.6 is 0 Å². The monoisotopic (exact) mass is 596 g/mol. The molecule has 4 nitrogen and oxygen atoms in total. The van der Waals surface area contributed by atoms with E-state index in [1.807, 2.05) is 0 Å². The Morgan fingerprint density at radius 1 is 0.581 bits per heavy atom. The molecule has 0 radical (unpaired) electrons. The highest BCUT2D eigenvalue weighted by molar-refractivity contribution is 5.69. The lowest BCUT2D eigenvalue weighted by Gasteiger charge is -2.15. The third-order valence-corrected chi connectivity index (χ3v) is 6.69. The number of hydrogen-bond donors (Lipinski definition) is 1. The zero-order chi connectivity index (χ0) is 31.3. The maximum absolute atomic E-state index is 12.1. The van der Waals surface area contributed by atoms with Crippen LogP contribution in [0.15, 0.2) is 85.1 Å². The minimum absolute atomic E-state index is 0.204. The van der Waals surface area contributed by atoms with Gasteiger partial charge in [-0.1, -0.05) is 131 Å². The van der Waals surface area contributed by atoms with Gasteiger partial charge in [-0.2, -0.15) is 0 Å². The highest BCUT2D eigenvalue weighted by Crippen LogP contribution is 2.09. The molecule has 1 atom stereocenters. The normalized spacial score (nSPS) is 13.5. The summed E-state index contributed by atoms with van der Waals surface area (Å²) in [5.74, 6) is -0.266. The molecule has 0 amide bonds. The van der Waals surface area contributed by atoms with Crippen molar-refractivity contribution in [3.63, 3.8) is 0 Å². The summed E-state index contributed by atoms with van der Waals surface area (Å²) >= 11 is 0. The predicted molar refractivity (Wildman–Crippen MR) is 186 cm³/mol. The number of rotatable bonds is 30. The van der Waals surface area contributed by atoms with Crippen LogP contribution in [0.3, 0.4) is 0 Å². The van der Waals surface area contributed by atoms with Gasteiger partial charge in [0.05, 0.1) is 13.2 Å². The molecular formula is C39H64O4. The first-order chi connectivity index (χ1) is 21.2. The van der Waals surface area contributed by atoms with E-state index >= 15 is 0 Å². The minimum atomic E-state index is -0.573. The van der Waals surface area contributed by atoms with Crippen LogP contribution in [0.5, 0.6) is 0 Å². The van der Waals surface area contributed by atoms with Crippen LogP contribution in [0.4, 0.5) is 0 Å². The Hall–Kier alpha value is -2.43. The Morgan fingerprint density at radius 3 is 1.58 bits per heavy atom. The van der Waals surface area contributed by atoms with Crippen molar-refractivity contribution >= 4 is 5.97 Å². The molecule has 1 unspecified atom stereocenters. The molecule has 4 heteroatoms. The quantitative estimate of drug-likeness (QED) is 0.0509. The first-order valence-electron chi connectivity index (χ1n) is 17.2. The van der Waals surface area contributed by atoms with Gasteiger partial charge >= 0.3 is 5.97 Å². The fourth-order valence-corrected chi connectivity index (χ4v) is 4.16. The van der Waals surface area contributed by atoms with E-state index in [2.05, 4.69) is 98.9 Å². The van der Waals surface area contributed by atoms with Crippen molar-refractivity contribution < 1.29 is 19.4 Å². The second kappa shape index (κ2) is 35.8. The number of aliphatic hydroxyl groups excluding tert-OH is 1.